The van der Waals surface area contributed by atoms with Gasteiger partial charge < -0.3 is 9.88 Å². The van der Waals surface area contributed by atoms with Crippen molar-refractivity contribution in [1.82, 2.24) is 14.9 Å². The maximum absolute atomic E-state index is 12.4. The van der Waals surface area contributed by atoms with Gasteiger partial charge in [0.05, 0.1) is 5.75 Å². The lowest BCUT2D eigenvalue weighted by molar-refractivity contribution is -0.131. The smallest absolute Gasteiger partial charge is 0.251 e. The van der Waals surface area contributed by atoms with Crippen LogP contribution in [0.25, 0.3) is 0 Å². The summed E-state index contributed by atoms with van der Waals surface area (Å²) in [6.45, 7) is 4.56. The summed E-state index contributed by atoms with van der Waals surface area (Å²) < 4.78 is 0. The molecule has 116 valence electrons. The third-order valence-corrected chi connectivity index (χ3v) is 4.71. The molecule has 0 saturated heterocycles. The van der Waals surface area contributed by atoms with E-state index in [1.807, 2.05) is 11.8 Å². The van der Waals surface area contributed by atoms with Crippen molar-refractivity contribution < 1.29 is 4.79 Å². The number of H-pyrrole nitrogens is 1. The molecule has 0 bridgehead atoms. The van der Waals surface area contributed by atoms with Gasteiger partial charge in [-0.05, 0) is 26.7 Å². The largest absolute Gasteiger partial charge is 0.339 e. The maximum Gasteiger partial charge on any atom is 0.251 e. The van der Waals surface area contributed by atoms with Crippen LogP contribution in [0, 0.1) is 6.92 Å². The fraction of sp³-hybridized carbons (Fsp3) is 0.667. The molecule has 0 radical (unpaired) electrons. The number of aromatic nitrogens is 2. The SMILES string of the molecule is CCN(C(=O)CSc1nc(C)cc(=O)[nH]1)C1CCCCC1. The van der Waals surface area contributed by atoms with Crippen molar-refractivity contribution in [3.63, 3.8) is 0 Å². The summed E-state index contributed by atoms with van der Waals surface area (Å²) in [6, 6.07) is 1.84. The van der Waals surface area contributed by atoms with Crippen molar-refractivity contribution in [1.29, 1.82) is 0 Å². The molecule has 0 aliphatic heterocycles. The van der Waals surface area contributed by atoms with Gasteiger partial charge in [0.1, 0.15) is 0 Å². The number of amides is 1. The molecule has 0 atom stereocenters. The van der Waals surface area contributed by atoms with Gasteiger partial charge in [-0.2, -0.15) is 0 Å². The highest BCUT2D eigenvalue weighted by molar-refractivity contribution is 7.99. The molecule has 21 heavy (non-hydrogen) atoms. The van der Waals surface area contributed by atoms with Crippen LogP contribution in [0.15, 0.2) is 16.0 Å². The van der Waals surface area contributed by atoms with E-state index in [-0.39, 0.29) is 11.5 Å². The molecule has 1 aromatic rings. The van der Waals surface area contributed by atoms with E-state index >= 15 is 0 Å². The predicted octanol–water partition coefficient (Wildman–Crippen LogP) is 2.35. The molecule has 2 rings (SSSR count). The Morgan fingerprint density at radius 3 is 2.76 bits per heavy atom. The van der Waals surface area contributed by atoms with Crippen LogP contribution in [0.2, 0.25) is 0 Å². The topological polar surface area (TPSA) is 66.1 Å². The summed E-state index contributed by atoms with van der Waals surface area (Å²) in [5.41, 5.74) is 0.505. The second-order valence-corrected chi connectivity index (χ2v) is 6.42. The first kappa shape index (κ1) is 16.1. The molecule has 6 heteroatoms. The van der Waals surface area contributed by atoms with E-state index in [1.165, 1.54) is 37.1 Å². The predicted molar refractivity (Wildman–Crippen MR) is 84.6 cm³/mol. The minimum absolute atomic E-state index is 0.138. The van der Waals surface area contributed by atoms with Gasteiger partial charge >= 0.3 is 0 Å². The molecular weight excluding hydrogens is 286 g/mol. The lowest BCUT2D eigenvalue weighted by Crippen LogP contribution is -2.42. The van der Waals surface area contributed by atoms with Gasteiger partial charge in [0, 0.05) is 24.3 Å². The number of carbonyl (C=O) groups is 1. The van der Waals surface area contributed by atoms with Crippen LogP contribution in [0.4, 0.5) is 0 Å². The Morgan fingerprint density at radius 2 is 2.14 bits per heavy atom. The van der Waals surface area contributed by atoms with E-state index in [2.05, 4.69) is 9.97 Å². The van der Waals surface area contributed by atoms with Crippen molar-refractivity contribution in [3.05, 3.63) is 22.1 Å². The summed E-state index contributed by atoms with van der Waals surface area (Å²) in [5.74, 6) is 0.468. The first-order valence-corrected chi connectivity index (χ1v) is 8.59. The van der Waals surface area contributed by atoms with E-state index in [0.717, 1.165) is 19.4 Å². The van der Waals surface area contributed by atoms with Crippen LogP contribution in [-0.2, 0) is 4.79 Å². The number of hydrogen-bond acceptors (Lipinski definition) is 4. The van der Waals surface area contributed by atoms with Crippen molar-refractivity contribution >= 4 is 17.7 Å². The van der Waals surface area contributed by atoms with Crippen LogP contribution in [0.3, 0.4) is 0 Å². The first-order chi connectivity index (χ1) is 10.1. The zero-order valence-corrected chi connectivity index (χ0v) is 13.5. The molecule has 1 aliphatic carbocycles. The molecule has 1 amide bonds. The summed E-state index contributed by atoms with van der Waals surface area (Å²) in [5, 5.41) is 0.521. The number of aromatic amines is 1. The Kier molecular flexibility index (Phi) is 5.85. The van der Waals surface area contributed by atoms with E-state index in [1.54, 1.807) is 6.92 Å². The number of rotatable bonds is 5. The molecular formula is C15H23N3O2S. The van der Waals surface area contributed by atoms with Crippen LogP contribution in [-0.4, -0.2) is 39.1 Å². The third-order valence-electron chi connectivity index (χ3n) is 3.86. The standard InChI is InChI=1S/C15H23N3O2S/c1-3-18(12-7-5-4-6-8-12)14(20)10-21-15-16-11(2)9-13(19)17-15/h9,12H,3-8,10H2,1-2H3,(H,16,17,19). The number of hydrogen-bond donors (Lipinski definition) is 1. The van der Waals surface area contributed by atoms with Crippen molar-refractivity contribution in [2.24, 2.45) is 0 Å². The monoisotopic (exact) mass is 309 g/mol. The van der Waals surface area contributed by atoms with Crippen LogP contribution in [0.1, 0.15) is 44.7 Å². The van der Waals surface area contributed by atoms with Gasteiger partial charge in [0.15, 0.2) is 5.16 Å². The van der Waals surface area contributed by atoms with Crippen molar-refractivity contribution in [2.45, 2.75) is 57.1 Å². The Hall–Kier alpha value is -1.30. The number of aryl methyl sites for hydroxylation is 1. The zero-order chi connectivity index (χ0) is 15.2. The highest BCUT2D eigenvalue weighted by Gasteiger charge is 2.24. The van der Waals surface area contributed by atoms with Gasteiger partial charge in [-0.1, -0.05) is 31.0 Å². The molecule has 5 nitrogen and oxygen atoms in total. The average molecular weight is 309 g/mol. The van der Waals surface area contributed by atoms with Gasteiger partial charge in [-0.25, -0.2) is 4.98 Å². The molecule has 1 saturated carbocycles. The van der Waals surface area contributed by atoms with Crippen molar-refractivity contribution in [2.75, 3.05) is 12.3 Å². The lowest BCUT2D eigenvalue weighted by atomic mass is 9.94. The Morgan fingerprint density at radius 1 is 1.43 bits per heavy atom. The van der Waals surface area contributed by atoms with Gasteiger partial charge in [-0.3, -0.25) is 9.59 Å². The molecule has 1 N–H and O–H groups in total. The quantitative estimate of drug-likeness (QED) is 0.670. The van der Waals surface area contributed by atoms with Gasteiger partial charge in [0.25, 0.3) is 5.56 Å². The van der Waals surface area contributed by atoms with Crippen LogP contribution < -0.4 is 5.56 Å². The van der Waals surface area contributed by atoms with E-state index < -0.39 is 0 Å². The number of nitrogens with one attached hydrogen (secondary N) is 1. The van der Waals surface area contributed by atoms with Crippen LogP contribution >= 0.6 is 11.8 Å². The first-order valence-electron chi connectivity index (χ1n) is 7.60. The van der Waals surface area contributed by atoms with Gasteiger partial charge in [-0.15, -0.1) is 0 Å². The third kappa shape index (κ3) is 4.59. The van der Waals surface area contributed by atoms with E-state index in [4.69, 9.17) is 0 Å². The normalized spacial score (nSPS) is 15.9. The Bertz CT molecular complexity index is 538. The molecule has 1 fully saturated rings. The molecule has 1 heterocycles. The fourth-order valence-electron chi connectivity index (χ4n) is 2.86. The second-order valence-electron chi connectivity index (χ2n) is 5.45. The number of nitrogens with zero attached hydrogens (tertiary/aromatic N) is 2. The highest BCUT2D eigenvalue weighted by Crippen LogP contribution is 2.23. The molecule has 0 spiro atoms. The molecule has 0 aromatic carbocycles. The molecule has 1 aliphatic rings. The second kappa shape index (κ2) is 7.64. The summed E-state index contributed by atoms with van der Waals surface area (Å²) in [4.78, 5) is 32.7. The fourth-order valence-corrected chi connectivity index (χ4v) is 3.67. The lowest BCUT2D eigenvalue weighted by Gasteiger charge is -2.33. The molecule has 0 unspecified atom stereocenters. The number of thioether (sulfide) groups is 1. The Balaban J connectivity index is 1.94. The van der Waals surface area contributed by atoms with Gasteiger partial charge in [0.2, 0.25) is 5.91 Å². The Labute approximate surface area is 129 Å². The average Bonchev–Trinajstić information content (AvgIpc) is 2.46. The molecule has 1 aromatic heterocycles. The number of carbonyl (C=O) groups excluding carboxylic acids is 1. The maximum atomic E-state index is 12.4. The summed E-state index contributed by atoms with van der Waals surface area (Å²) in [7, 11) is 0. The van der Waals surface area contributed by atoms with Crippen molar-refractivity contribution in [3.8, 4) is 0 Å². The van der Waals surface area contributed by atoms with E-state index in [0.29, 0.717) is 22.6 Å². The van der Waals surface area contributed by atoms with E-state index in [9.17, 15) is 9.59 Å². The zero-order valence-electron chi connectivity index (χ0n) is 12.7. The summed E-state index contributed by atoms with van der Waals surface area (Å²) in [6.07, 6.45) is 5.95. The minimum Gasteiger partial charge on any atom is -0.339 e. The minimum atomic E-state index is -0.169. The highest BCUT2D eigenvalue weighted by atomic mass is 32.2. The van der Waals surface area contributed by atoms with Crippen LogP contribution in [0.5, 0.6) is 0 Å². The summed E-state index contributed by atoms with van der Waals surface area (Å²) >= 11 is 1.31.